The molecule has 0 aliphatic rings. The van der Waals surface area contributed by atoms with Crippen LogP contribution in [0.4, 0.5) is 5.69 Å². The molecule has 0 atom stereocenters. The third kappa shape index (κ3) is 2.74. The van der Waals surface area contributed by atoms with E-state index in [0.717, 1.165) is 0 Å². The highest BCUT2D eigenvalue weighted by molar-refractivity contribution is 5.90. The summed E-state index contributed by atoms with van der Waals surface area (Å²) in [5.74, 6) is -0.0183. The van der Waals surface area contributed by atoms with Crippen molar-refractivity contribution in [1.29, 1.82) is 5.41 Å². The van der Waals surface area contributed by atoms with Gasteiger partial charge in [-0.1, -0.05) is 0 Å². The van der Waals surface area contributed by atoms with Crippen molar-refractivity contribution in [2.24, 2.45) is 5.73 Å². The van der Waals surface area contributed by atoms with E-state index in [2.05, 4.69) is 4.94 Å². The SMILES string of the molecule is COc1ccc(N(O[N+](=O)[O-])C(=N)N)cc1. The van der Waals surface area contributed by atoms with Crippen LogP contribution in [0.5, 0.6) is 5.75 Å². The van der Waals surface area contributed by atoms with Crippen LogP contribution in [-0.2, 0) is 4.94 Å². The number of hydrogen-bond donors (Lipinski definition) is 2. The summed E-state index contributed by atoms with van der Waals surface area (Å²) in [6.07, 6.45) is 0. The first-order valence-electron chi connectivity index (χ1n) is 4.15. The molecule has 0 spiro atoms. The van der Waals surface area contributed by atoms with Gasteiger partial charge in [0, 0.05) is 0 Å². The van der Waals surface area contributed by atoms with E-state index in [0.29, 0.717) is 10.8 Å². The number of hydroxylamine groups is 1. The van der Waals surface area contributed by atoms with Crippen molar-refractivity contribution in [2.45, 2.75) is 0 Å². The Labute approximate surface area is 90.7 Å². The van der Waals surface area contributed by atoms with Crippen molar-refractivity contribution in [2.75, 3.05) is 12.2 Å². The summed E-state index contributed by atoms with van der Waals surface area (Å²) in [6, 6.07) is 6.08. The van der Waals surface area contributed by atoms with Gasteiger partial charge in [-0.15, -0.1) is 15.2 Å². The Bertz CT molecular complexity index is 392. The summed E-state index contributed by atoms with van der Waals surface area (Å²) >= 11 is 0. The average Bonchev–Trinajstić information content (AvgIpc) is 2.25. The van der Waals surface area contributed by atoms with E-state index in [1.165, 1.54) is 19.2 Å². The van der Waals surface area contributed by atoms with Gasteiger partial charge in [0.25, 0.3) is 0 Å². The highest BCUT2D eigenvalue weighted by Crippen LogP contribution is 2.19. The lowest BCUT2D eigenvalue weighted by Crippen LogP contribution is -2.38. The predicted octanol–water partition coefficient (Wildman–Crippen LogP) is 0.518. The summed E-state index contributed by atoms with van der Waals surface area (Å²) in [4.78, 5) is 14.3. The molecule has 1 aromatic carbocycles. The minimum atomic E-state index is -1.05. The second kappa shape index (κ2) is 4.82. The number of rotatable bonds is 4. The lowest BCUT2D eigenvalue weighted by molar-refractivity contribution is -0.758. The molecule has 0 saturated carbocycles. The zero-order valence-corrected chi connectivity index (χ0v) is 8.41. The monoisotopic (exact) mass is 226 g/mol. The van der Waals surface area contributed by atoms with Crippen LogP contribution >= 0.6 is 0 Å². The molecule has 16 heavy (non-hydrogen) atoms. The van der Waals surface area contributed by atoms with Crippen LogP contribution in [0.15, 0.2) is 24.3 Å². The lowest BCUT2D eigenvalue weighted by Gasteiger charge is -2.18. The maximum atomic E-state index is 10.2. The van der Waals surface area contributed by atoms with Gasteiger partial charge in [0.15, 0.2) is 0 Å². The Morgan fingerprint density at radius 1 is 1.50 bits per heavy atom. The minimum absolute atomic E-state index is 0.255. The quantitative estimate of drug-likeness (QED) is 0.334. The summed E-state index contributed by atoms with van der Waals surface area (Å²) in [6.45, 7) is 0. The standard InChI is InChI=1S/C8H10N4O4/c1-15-7-4-2-6(3-5-7)11(8(9)10)16-12(13)14/h2-5H,1H3,(H3,9,10). The number of nitrogens with zero attached hydrogens (tertiary/aromatic N) is 2. The molecule has 0 aliphatic carbocycles. The molecule has 8 heteroatoms. The Morgan fingerprint density at radius 2 is 2.06 bits per heavy atom. The molecule has 8 nitrogen and oxygen atoms in total. The Kier molecular flexibility index (Phi) is 3.49. The summed E-state index contributed by atoms with van der Waals surface area (Å²) in [5.41, 5.74) is 5.39. The van der Waals surface area contributed by atoms with Crippen LogP contribution in [0.1, 0.15) is 0 Å². The Hall–Kier alpha value is -2.51. The van der Waals surface area contributed by atoms with Crippen LogP contribution in [0, 0.1) is 15.5 Å². The number of benzene rings is 1. The highest BCUT2D eigenvalue weighted by atomic mass is 17.0. The predicted molar refractivity (Wildman–Crippen MR) is 55.5 cm³/mol. The van der Waals surface area contributed by atoms with Crippen molar-refractivity contribution in [3.8, 4) is 5.75 Å². The van der Waals surface area contributed by atoms with Gasteiger partial charge in [0.1, 0.15) is 5.75 Å². The smallest absolute Gasteiger partial charge is 0.317 e. The van der Waals surface area contributed by atoms with Gasteiger partial charge < -0.3 is 10.5 Å². The largest absolute Gasteiger partial charge is 0.497 e. The zero-order valence-electron chi connectivity index (χ0n) is 8.41. The van der Waals surface area contributed by atoms with Crippen molar-refractivity contribution in [1.82, 2.24) is 0 Å². The lowest BCUT2D eigenvalue weighted by atomic mass is 10.3. The van der Waals surface area contributed by atoms with Gasteiger partial charge >= 0.3 is 5.09 Å². The second-order valence-corrected chi connectivity index (χ2v) is 2.68. The zero-order chi connectivity index (χ0) is 12.1. The van der Waals surface area contributed by atoms with Gasteiger partial charge in [-0.25, -0.2) is 0 Å². The third-order valence-electron chi connectivity index (χ3n) is 1.67. The molecule has 0 unspecified atom stereocenters. The van der Waals surface area contributed by atoms with Crippen LogP contribution < -0.4 is 15.5 Å². The van der Waals surface area contributed by atoms with Gasteiger partial charge in [-0.2, -0.15) is 4.94 Å². The van der Waals surface area contributed by atoms with E-state index in [1.807, 2.05) is 0 Å². The first-order chi connectivity index (χ1) is 7.54. The fourth-order valence-corrected chi connectivity index (χ4v) is 1.01. The number of ether oxygens (including phenoxy) is 1. The molecule has 0 heterocycles. The number of guanidine groups is 1. The molecule has 1 rings (SSSR count). The number of nitrogens with two attached hydrogens (primary N) is 1. The molecule has 3 N–H and O–H groups in total. The Morgan fingerprint density at radius 3 is 2.44 bits per heavy atom. The molecule has 0 bridgehead atoms. The average molecular weight is 226 g/mol. The van der Waals surface area contributed by atoms with Gasteiger partial charge in [-0.3, -0.25) is 5.41 Å². The van der Waals surface area contributed by atoms with Crippen molar-refractivity contribution in [3.63, 3.8) is 0 Å². The van der Waals surface area contributed by atoms with E-state index in [4.69, 9.17) is 15.9 Å². The minimum Gasteiger partial charge on any atom is -0.497 e. The summed E-state index contributed by atoms with van der Waals surface area (Å²) in [7, 11) is 1.49. The van der Waals surface area contributed by atoms with Crippen LogP contribution in [-0.4, -0.2) is 18.2 Å². The number of hydrogen-bond acceptors (Lipinski definition) is 5. The first kappa shape index (κ1) is 11.6. The summed E-state index contributed by atoms with van der Waals surface area (Å²) in [5, 5.41) is 16.8. The third-order valence-corrected chi connectivity index (χ3v) is 1.67. The molecule has 86 valence electrons. The van der Waals surface area contributed by atoms with Gasteiger partial charge in [-0.05, 0) is 24.3 Å². The van der Waals surface area contributed by atoms with Crippen LogP contribution in [0.3, 0.4) is 0 Å². The second-order valence-electron chi connectivity index (χ2n) is 2.68. The fourth-order valence-electron chi connectivity index (χ4n) is 1.01. The van der Waals surface area contributed by atoms with Crippen LogP contribution in [0.2, 0.25) is 0 Å². The van der Waals surface area contributed by atoms with Crippen molar-refractivity contribution >= 4 is 11.6 Å². The van der Waals surface area contributed by atoms with E-state index in [9.17, 15) is 10.1 Å². The number of anilines is 1. The normalized spacial score (nSPS) is 9.31. The topological polar surface area (TPSA) is 115 Å². The molecule has 1 aromatic rings. The van der Waals surface area contributed by atoms with Gasteiger partial charge in [0.2, 0.25) is 5.96 Å². The molecular formula is C8H10N4O4. The molecule has 0 radical (unpaired) electrons. The van der Waals surface area contributed by atoms with E-state index >= 15 is 0 Å². The molecule has 0 saturated heterocycles. The molecule has 0 amide bonds. The van der Waals surface area contributed by atoms with E-state index in [-0.39, 0.29) is 5.69 Å². The maximum Gasteiger partial charge on any atom is 0.317 e. The number of methoxy groups -OCH3 is 1. The molecular weight excluding hydrogens is 216 g/mol. The fraction of sp³-hybridized carbons (Fsp3) is 0.125. The van der Waals surface area contributed by atoms with Gasteiger partial charge in [0.05, 0.1) is 12.8 Å². The maximum absolute atomic E-state index is 10.2. The summed E-state index contributed by atoms with van der Waals surface area (Å²) < 4.78 is 4.91. The molecule has 0 aromatic heterocycles. The van der Waals surface area contributed by atoms with Crippen molar-refractivity contribution < 1.29 is 14.8 Å². The highest BCUT2D eigenvalue weighted by Gasteiger charge is 2.14. The van der Waals surface area contributed by atoms with Crippen LogP contribution in [0.25, 0.3) is 0 Å². The van der Waals surface area contributed by atoms with E-state index in [1.54, 1.807) is 12.1 Å². The molecule has 0 fully saturated rings. The molecule has 0 aliphatic heterocycles. The first-order valence-corrected chi connectivity index (χ1v) is 4.15. The van der Waals surface area contributed by atoms with Crippen molar-refractivity contribution in [3.05, 3.63) is 34.4 Å². The van der Waals surface area contributed by atoms with E-state index < -0.39 is 11.0 Å². The Balaban J connectivity index is 2.92. The number of nitrogens with one attached hydrogen (secondary N) is 1.